The third-order valence-corrected chi connectivity index (χ3v) is 6.57. The van der Waals surface area contributed by atoms with Gasteiger partial charge in [-0.1, -0.05) is 11.6 Å². The fraction of sp³-hybridized carbons (Fsp3) is 0.619. The van der Waals surface area contributed by atoms with Crippen LogP contribution in [-0.4, -0.2) is 49.6 Å². The van der Waals surface area contributed by atoms with Gasteiger partial charge < -0.3 is 20.1 Å². The molecule has 1 aliphatic heterocycles. The van der Waals surface area contributed by atoms with Crippen molar-refractivity contribution in [2.75, 3.05) is 19.8 Å². The fourth-order valence-electron chi connectivity index (χ4n) is 4.51. The Morgan fingerprint density at radius 3 is 2.79 bits per heavy atom. The number of carbonyl (C=O) groups is 2. The summed E-state index contributed by atoms with van der Waals surface area (Å²) in [5.41, 5.74) is 0. The number of hydrogen-bond acceptors (Lipinski definition) is 5. The average Bonchev–Trinajstić information content (AvgIpc) is 3.21. The van der Waals surface area contributed by atoms with Crippen molar-refractivity contribution >= 4 is 23.3 Å². The molecule has 0 bridgehead atoms. The zero-order chi connectivity index (χ0) is 20.4. The molecule has 8 heteroatoms. The first kappa shape index (κ1) is 20.6. The number of hydrogen-bond donors (Lipinski definition) is 2. The number of rotatable bonds is 8. The van der Waals surface area contributed by atoms with Crippen molar-refractivity contribution in [3.8, 4) is 5.75 Å². The van der Waals surface area contributed by atoms with Gasteiger partial charge in [-0.3, -0.25) is 9.59 Å². The van der Waals surface area contributed by atoms with Crippen LogP contribution in [0.15, 0.2) is 18.2 Å². The van der Waals surface area contributed by atoms with E-state index < -0.39 is 5.82 Å². The SMILES string of the molecule is O=C(COc1ccc(Cl)c(F)c1)N[C@@H]1C[C@H]2CN[C@@H](C(=O)COC3CCC3)[C@@H]2C1. The van der Waals surface area contributed by atoms with Crippen molar-refractivity contribution in [3.63, 3.8) is 0 Å². The van der Waals surface area contributed by atoms with Gasteiger partial charge in [-0.25, -0.2) is 4.39 Å². The van der Waals surface area contributed by atoms with Crippen LogP contribution in [0, 0.1) is 17.7 Å². The Kier molecular flexibility index (Phi) is 6.37. The van der Waals surface area contributed by atoms with E-state index in [4.69, 9.17) is 21.1 Å². The van der Waals surface area contributed by atoms with E-state index in [0.29, 0.717) is 5.92 Å². The Balaban J connectivity index is 1.22. The Morgan fingerprint density at radius 1 is 1.24 bits per heavy atom. The normalized spacial score (nSPS) is 28.6. The summed E-state index contributed by atoms with van der Waals surface area (Å²) in [5.74, 6) is 0.136. The zero-order valence-corrected chi connectivity index (χ0v) is 16.9. The maximum atomic E-state index is 13.4. The molecule has 1 saturated heterocycles. The first-order valence-electron chi connectivity index (χ1n) is 10.2. The second kappa shape index (κ2) is 8.98. The summed E-state index contributed by atoms with van der Waals surface area (Å²) in [6, 6.07) is 3.90. The van der Waals surface area contributed by atoms with Crippen molar-refractivity contribution in [1.29, 1.82) is 0 Å². The first-order valence-corrected chi connectivity index (χ1v) is 10.6. The lowest BCUT2D eigenvalue weighted by Crippen LogP contribution is -2.42. The number of halogens is 2. The lowest BCUT2D eigenvalue weighted by molar-refractivity contribution is -0.130. The Bertz CT molecular complexity index is 773. The van der Waals surface area contributed by atoms with Gasteiger partial charge in [0, 0.05) is 12.1 Å². The number of Topliss-reactive ketones (excluding diaryl/α,β-unsaturated/α-hetero) is 1. The smallest absolute Gasteiger partial charge is 0.258 e. The predicted octanol–water partition coefficient (Wildman–Crippen LogP) is 2.48. The topological polar surface area (TPSA) is 76.7 Å². The molecule has 0 aromatic heterocycles. The monoisotopic (exact) mass is 424 g/mol. The van der Waals surface area contributed by atoms with E-state index in [1.807, 2.05) is 0 Å². The van der Waals surface area contributed by atoms with Gasteiger partial charge in [-0.15, -0.1) is 0 Å². The van der Waals surface area contributed by atoms with E-state index >= 15 is 0 Å². The average molecular weight is 425 g/mol. The van der Waals surface area contributed by atoms with Crippen molar-refractivity contribution in [2.45, 2.75) is 50.3 Å². The van der Waals surface area contributed by atoms with Gasteiger partial charge in [0.25, 0.3) is 5.91 Å². The molecule has 2 saturated carbocycles. The zero-order valence-electron chi connectivity index (χ0n) is 16.2. The lowest BCUT2D eigenvalue weighted by atomic mass is 9.91. The number of amides is 1. The molecule has 6 nitrogen and oxygen atoms in total. The molecule has 0 spiro atoms. The molecule has 3 fully saturated rings. The largest absolute Gasteiger partial charge is 0.484 e. The number of ketones is 1. The summed E-state index contributed by atoms with van der Waals surface area (Å²) in [7, 11) is 0. The van der Waals surface area contributed by atoms with E-state index in [1.165, 1.54) is 18.6 Å². The van der Waals surface area contributed by atoms with E-state index in [9.17, 15) is 14.0 Å². The van der Waals surface area contributed by atoms with E-state index in [-0.39, 0.29) is 59.8 Å². The van der Waals surface area contributed by atoms with Crippen molar-refractivity contribution in [2.24, 2.45) is 11.8 Å². The summed E-state index contributed by atoms with van der Waals surface area (Å²) in [6.07, 6.45) is 5.14. The summed E-state index contributed by atoms with van der Waals surface area (Å²) in [6.45, 7) is 0.772. The van der Waals surface area contributed by atoms with Crippen LogP contribution in [0.1, 0.15) is 32.1 Å². The van der Waals surface area contributed by atoms with Crippen LogP contribution < -0.4 is 15.4 Å². The minimum atomic E-state index is -0.585. The van der Waals surface area contributed by atoms with Crippen molar-refractivity contribution in [3.05, 3.63) is 29.0 Å². The molecule has 3 aliphatic rings. The predicted molar refractivity (Wildman–Crippen MR) is 105 cm³/mol. The quantitative estimate of drug-likeness (QED) is 0.670. The van der Waals surface area contributed by atoms with Crippen molar-refractivity contribution in [1.82, 2.24) is 10.6 Å². The Morgan fingerprint density at radius 2 is 2.07 bits per heavy atom. The number of carbonyl (C=O) groups excluding carboxylic acids is 2. The highest BCUT2D eigenvalue weighted by Gasteiger charge is 2.46. The summed E-state index contributed by atoms with van der Waals surface area (Å²) >= 11 is 5.64. The molecule has 1 amide bonds. The van der Waals surface area contributed by atoms with E-state index in [1.54, 1.807) is 0 Å². The highest BCUT2D eigenvalue weighted by molar-refractivity contribution is 6.30. The second-order valence-electron chi connectivity index (χ2n) is 8.24. The molecule has 0 unspecified atom stereocenters. The van der Waals surface area contributed by atoms with Gasteiger partial charge >= 0.3 is 0 Å². The van der Waals surface area contributed by atoms with Gasteiger partial charge in [0.15, 0.2) is 12.4 Å². The summed E-state index contributed by atoms with van der Waals surface area (Å²) < 4.78 is 24.4. The highest BCUT2D eigenvalue weighted by Crippen LogP contribution is 2.38. The van der Waals surface area contributed by atoms with Gasteiger partial charge in [0.1, 0.15) is 18.2 Å². The molecule has 4 rings (SSSR count). The minimum Gasteiger partial charge on any atom is -0.484 e. The maximum Gasteiger partial charge on any atom is 0.258 e. The highest BCUT2D eigenvalue weighted by atomic mass is 35.5. The molecule has 2 aliphatic carbocycles. The molecule has 2 N–H and O–H groups in total. The molecule has 4 atom stereocenters. The Labute approximate surface area is 174 Å². The van der Waals surface area contributed by atoms with Crippen LogP contribution >= 0.6 is 11.6 Å². The number of nitrogens with one attached hydrogen (secondary N) is 2. The minimum absolute atomic E-state index is 0.00935. The van der Waals surface area contributed by atoms with Crippen molar-refractivity contribution < 1.29 is 23.5 Å². The summed E-state index contributed by atoms with van der Waals surface area (Å²) in [4.78, 5) is 24.8. The molecular formula is C21H26ClFN2O4. The van der Waals surface area contributed by atoms with Gasteiger partial charge in [0.2, 0.25) is 0 Å². The van der Waals surface area contributed by atoms with Crippen LogP contribution in [0.4, 0.5) is 4.39 Å². The molecular weight excluding hydrogens is 399 g/mol. The first-order chi connectivity index (χ1) is 14.0. The fourth-order valence-corrected chi connectivity index (χ4v) is 4.63. The summed E-state index contributed by atoms with van der Waals surface area (Å²) in [5, 5.41) is 6.32. The number of ether oxygens (including phenoxy) is 2. The van der Waals surface area contributed by atoms with Crippen LogP contribution in [0.5, 0.6) is 5.75 Å². The number of benzene rings is 1. The standard InChI is InChI=1S/C21H26ClFN2O4/c22-17-5-4-15(8-18(17)23)29-11-20(27)25-13-6-12-9-24-21(16(12)7-13)19(26)10-28-14-2-1-3-14/h4-5,8,12-14,16,21,24H,1-3,6-7,9-11H2,(H,25,27)/t12-,13+,16+,21+/m0/s1. The molecule has 1 aromatic carbocycles. The lowest BCUT2D eigenvalue weighted by Gasteiger charge is -2.26. The maximum absolute atomic E-state index is 13.4. The molecule has 158 valence electrons. The third kappa shape index (κ3) is 4.90. The molecule has 1 heterocycles. The molecule has 29 heavy (non-hydrogen) atoms. The van der Waals surface area contributed by atoms with Gasteiger partial charge in [-0.2, -0.15) is 0 Å². The number of fused-ring (bicyclic) bond motifs is 1. The van der Waals surface area contributed by atoms with Crippen LogP contribution in [-0.2, 0) is 14.3 Å². The second-order valence-corrected chi connectivity index (χ2v) is 8.65. The van der Waals surface area contributed by atoms with E-state index in [2.05, 4.69) is 10.6 Å². The third-order valence-electron chi connectivity index (χ3n) is 6.26. The van der Waals surface area contributed by atoms with Crippen LogP contribution in [0.3, 0.4) is 0 Å². The van der Waals surface area contributed by atoms with E-state index in [0.717, 1.165) is 38.3 Å². The van der Waals surface area contributed by atoms with Crippen LogP contribution in [0.2, 0.25) is 5.02 Å². The molecule has 0 radical (unpaired) electrons. The van der Waals surface area contributed by atoms with Gasteiger partial charge in [0.05, 0.1) is 17.2 Å². The van der Waals surface area contributed by atoms with Gasteiger partial charge in [-0.05, 0) is 62.6 Å². The van der Waals surface area contributed by atoms with Crippen LogP contribution in [0.25, 0.3) is 0 Å². The molecule has 1 aromatic rings. The Hall–Kier alpha value is -1.70.